The maximum atomic E-state index is 12.8. The first-order valence-electron chi connectivity index (χ1n) is 8.07. The van der Waals surface area contributed by atoms with Crippen LogP contribution in [-0.2, 0) is 10.0 Å². The van der Waals surface area contributed by atoms with Crippen LogP contribution in [0.1, 0.15) is 0 Å². The molecule has 0 bridgehead atoms. The number of hydrogen-bond donors (Lipinski definition) is 1. The van der Waals surface area contributed by atoms with Gasteiger partial charge >= 0.3 is 0 Å². The smallest absolute Gasteiger partial charge is 0.263 e. The molecule has 10 heteroatoms. The highest BCUT2D eigenvalue weighted by Crippen LogP contribution is 2.34. The van der Waals surface area contributed by atoms with Gasteiger partial charge in [-0.15, -0.1) is 0 Å². The second-order valence-corrected chi connectivity index (χ2v) is 9.82. The van der Waals surface area contributed by atoms with E-state index in [1.54, 1.807) is 12.1 Å². The lowest BCUT2D eigenvalue weighted by Gasteiger charge is -2.11. The summed E-state index contributed by atoms with van der Waals surface area (Å²) in [5.41, 5.74) is 1.93. The molecular formula is C19H10BrCl3N2O3S. The van der Waals surface area contributed by atoms with E-state index in [0.717, 1.165) is 4.47 Å². The summed E-state index contributed by atoms with van der Waals surface area (Å²) in [4.78, 5) is 4.30. The SMILES string of the molecule is O=S(=O)(Nc1ccc(Cl)c(-c2nc3cc(Br)ccc3o2)c1)c1cc(Cl)ccc1Cl. The fourth-order valence-electron chi connectivity index (χ4n) is 2.66. The van der Waals surface area contributed by atoms with Crippen LogP contribution in [0.15, 0.2) is 68.4 Å². The van der Waals surface area contributed by atoms with Crippen LogP contribution in [0.4, 0.5) is 5.69 Å². The zero-order chi connectivity index (χ0) is 20.8. The highest BCUT2D eigenvalue weighted by Gasteiger charge is 2.20. The lowest BCUT2D eigenvalue weighted by molar-refractivity contribution is 0.601. The van der Waals surface area contributed by atoms with Gasteiger partial charge in [-0.05, 0) is 54.6 Å². The number of hydrogen-bond acceptors (Lipinski definition) is 4. The standard InChI is InChI=1S/C19H10BrCl3N2O3S/c20-10-1-6-17-16(7-10)24-19(28-17)13-9-12(3-5-14(13)22)25-29(26,27)18-8-11(21)2-4-15(18)23/h1-9,25H. The van der Waals surface area contributed by atoms with Crippen LogP contribution in [-0.4, -0.2) is 13.4 Å². The van der Waals surface area contributed by atoms with Gasteiger partial charge in [0, 0.05) is 15.2 Å². The third kappa shape index (κ3) is 4.25. The summed E-state index contributed by atoms with van der Waals surface area (Å²) < 4.78 is 34.6. The second kappa shape index (κ2) is 7.81. The Morgan fingerprint density at radius 2 is 1.69 bits per heavy atom. The number of aromatic nitrogens is 1. The molecule has 148 valence electrons. The molecule has 0 amide bonds. The maximum Gasteiger partial charge on any atom is 0.263 e. The summed E-state index contributed by atoms with van der Waals surface area (Å²) in [6, 6.07) is 14.2. The van der Waals surface area contributed by atoms with Crippen LogP contribution in [0, 0.1) is 0 Å². The molecule has 4 rings (SSSR count). The first-order chi connectivity index (χ1) is 13.7. The minimum absolute atomic E-state index is 0.0561. The topological polar surface area (TPSA) is 72.2 Å². The van der Waals surface area contributed by atoms with Crippen LogP contribution in [0.5, 0.6) is 0 Å². The first kappa shape index (κ1) is 20.5. The second-order valence-electron chi connectivity index (χ2n) is 6.01. The predicted octanol–water partition coefficient (Wildman–Crippen LogP) is 7.02. The Labute approximate surface area is 189 Å². The molecule has 1 heterocycles. The molecule has 0 saturated heterocycles. The molecule has 0 saturated carbocycles. The van der Waals surface area contributed by atoms with Gasteiger partial charge in [0.1, 0.15) is 10.4 Å². The first-order valence-corrected chi connectivity index (χ1v) is 11.5. The van der Waals surface area contributed by atoms with Gasteiger partial charge in [-0.1, -0.05) is 50.7 Å². The fraction of sp³-hybridized carbons (Fsp3) is 0. The molecule has 4 aromatic rings. The lowest BCUT2D eigenvalue weighted by atomic mass is 10.2. The Morgan fingerprint density at radius 3 is 2.48 bits per heavy atom. The van der Waals surface area contributed by atoms with E-state index in [1.165, 1.54) is 30.3 Å². The fourth-order valence-corrected chi connectivity index (χ4v) is 5.02. The van der Waals surface area contributed by atoms with E-state index in [0.29, 0.717) is 21.7 Å². The molecule has 1 N–H and O–H groups in total. The van der Waals surface area contributed by atoms with Crippen LogP contribution in [0.2, 0.25) is 15.1 Å². The van der Waals surface area contributed by atoms with Crippen molar-refractivity contribution in [2.75, 3.05) is 4.72 Å². The molecule has 29 heavy (non-hydrogen) atoms. The largest absolute Gasteiger partial charge is 0.436 e. The molecule has 3 aromatic carbocycles. The summed E-state index contributed by atoms with van der Waals surface area (Å²) in [7, 11) is -3.98. The number of nitrogens with zero attached hydrogens (tertiary/aromatic N) is 1. The number of benzene rings is 3. The molecule has 0 aliphatic rings. The molecular weight excluding hydrogens is 523 g/mol. The van der Waals surface area contributed by atoms with Crippen LogP contribution >= 0.6 is 50.7 Å². The van der Waals surface area contributed by atoms with Gasteiger partial charge in [-0.2, -0.15) is 0 Å². The van der Waals surface area contributed by atoms with Crippen molar-refractivity contribution >= 4 is 77.5 Å². The van der Waals surface area contributed by atoms with Crippen molar-refractivity contribution < 1.29 is 12.8 Å². The van der Waals surface area contributed by atoms with Gasteiger partial charge < -0.3 is 4.42 Å². The van der Waals surface area contributed by atoms with Gasteiger partial charge in [0.2, 0.25) is 5.89 Å². The van der Waals surface area contributed by atoms with E-state index < -0.39 is 10.0 Å². The van der Waals surface area contributed by atoms with E-state index >= 15 is 0 Å². The highest BCUT2D eigenvalue weighted by molar-refractivity contribution is 9.10. The average molecular weight is 533 g/mol. The Hall–Kier alpha value is -1.77. The number of fused-ring (bicyclic) bond motifs is 1. The Balaban J connectivity index is 1.74. The quantitative estimate of drug-likeness (QED) is 0.307. The molecule has 0 fully saturated rings. The molecule has 1 aromatic heterocycles. The number of anilines is 1. The molecule has 0 aliphatic heterocycles. The van der Waals surface area contributed by atoms with E-state index in [4.69, 9.17) is 39.2 Å². The predicted molar refractivity (Wildman–Crippen MR) is 119 cm³/mol. The van der Waals surface area contributed by atoms with Gasteiger partial charge in [0.25, 0.3) is 10.0 Å². The van der Waals surface area contributed by atoms with Crippen molar-refractivity contribution in [3.05, 3.63) is 74.1 Å². The zero-order valence-corrected chi connectivity index (χ0v) is 19.0. The normalized spacial score (nSPS) is 11.7. The number of rotatable bonds is 4. The van der Waals surface area contributed by atoms with Gasteiger partial charge in [0.05, 0.1) is 15.6 Å². The minimum Gasteiger partial charge on any atom is -0.436 e. The third-order valence-corrected chi connectivity index (χ3v) is 6.90. The van der Waals surface area contributed by atoms with Crippen molar-refractivity contribution in [3.63, 3.8) is 0 Å². The van der Waals surface area contributed by atoms with Gasteiger partial charge in [-0.25, -0.2) is 13.4 Å². The van der Waals surface area contributed by atoms with E-state index in [1.807, 2.05) is 12.1 Å². The third-order valence-electron chi connectivity index (χ3n) is 3.98. The maximum absolute atomic E-state index is 12.8. The van der Waals surface area contributed by atoms with Gasteiger partial charge in [-0.3, -0.25) is 4.72 Å². The summed E-state index contributed by atoms with van der Waals surface area (Å²) in [6.45, 7) is 0. The number of sulfonamides is 1. The molecule has 0 aliphatic carbocycles. The zero-order valence-electron chi connectivity index (χ0n) is 14.3. The number of nitrogens with one attached hydrogen (secondary N) is 1. The Bertz CT molecular complexity index is 1360. The minimum atomic E-state index is -3.98. The van der Waals surface area contributed by atoms with Crippen LogP contribution in [0.3, 0.4) is 0 Å². The van der Waals surface area contributed by atoms with E-state index in [2.05, 4.69) is 25.6 Å². The monoisotopic (exact) mass is 530 g/mol. The number of halogens is 4. The van der Waals surface area contributed by atoms with E-state index in [9.17, 15) is 8.42 Å². The summed E-state index contributed by atoms with van der Waals surface area (Å²) in [5, 5.41) is 0.671. The van der Waals surface area contributed by atoms with Crippen molar-refractivity contribution in [2.45, 2.75) is 4.90 Å². The van der Waals surface area contributed by atoms with Crippen LogP contribution < -0.4 is 4.72 Å². The van der Waals surface area contributed by atoms with Crippen molar-refractivity contribution in [2.24, 2.45) is 0 Å². The molecule has 0 spiro atoms. The molecule has 5 nitrogen and oxygen atoms in total. The summed E-state index contributed by atoms with van der Waals surface area (Å²) in [6.07, 6.45) is 0. The highest BCUT2D eigenvalue weighted by atomic mass is 79.9. The molecule has 0 radical (unpaired) electrons. The Morgan fingerprint density at radius 1 is 0.931 bits per heavy atom. The summed E-state index contributed by atoms with van der Waals surface area (Å²) in [5.74, 6) is 0.268. The number of oxazole rings is 1. The van der Waals surface area contributed by atoms with Gasteiger partial charge in [0.15, 0.2) is 5.58 Å². The van der Waals surface area contributed by atoms with Crippen LogP contribution in [0.25, 0.3) is 22.6 Å². The van der Waals surface area contributed by atoms with Crippen molar-refractivity contribution in [1.82, 2.24) is 4.98 Å². The molecule has 0 atom stereocenters. The van der Waals surface area contributed by atoms with E-state index in [-0.39, 0.29) is 26.5 Å². The lowest BCUT2D eigenvalue weighted by Crippen LogP contribution is -2.13. The van der Waals surface area contributed by atoms with Crippen molar-refractivity contribution in [1.29, 1.82) is 0 Å². The Kier molecular flexibility index (Phi) is 5.52. The summed E-state index contributed by atoms with van der Waals surface area (Å²) >= 11 is 21.6. The average Bonchev–Trinajstić information content (AvgIpc) is 3.08. The molecule has 0 unspecified atom stereocenters. The van der Waals surface area contributed by atoms with Crippen molar-refractivity contribution in [3.8, 4) is 11.5 Å².